The van der Waals surface area contributed by atoms with E-state index in [0.29, 0.717) is 12.3 Å². The van der Waals surface area contributed by atoms with Crippen LogP contribution in [0.3, 0.4) is 0 Å². The summed E-state index contributed by atoms with van der Waals surface area (Å²) in [5.41, 5.74) is -2.01. The molecule has 0 saturated heterocycles. The standard InChI is InChI=1S/C13H20F3N3O/c1-9(2)4-6-12(3,20)8-18-11-17-7-5-10(19-11)13(14,15)16/h5,7,9,20H,4,6,8H2,1-3H3,(H,17,18,19). The lowest BCUT2D eigenvalue weighted by Crippen LogP contribution is -2.34. The van der Waals surface area contributed by atoms with Crippen LogP contribution in [-0.2, 0) is 6.18 Å². The fraction of sp³-hybridized carbons (Fsp3) is 0.692. The van der Waals surface area contributed by atoms with Crippen molar-refractivity contribution in [3.63, 3.8) is 0 Å². The Morgan fingerprint density at radius 3 is 2.55 bits per heavy atom. The van der Waals surface area contributed by atoms with Gasteiger partial charge in [-0.2, -0.15) is 13.2 Å². The van der Waals surface area contributed by atoms with E-state index < -0.39 is 17.5 Å². The van der Waals surface area contributed by atoms with Crippen LogP contribution in [0, 0.1) is 5.92 Å². The molecule has 7 heteroatoms. The number of nitrogens with one attached hydrogen (secondary N) is 1. The molecule has 0 spiro atoms. The molecule has 114 valence electrons. The van der Waals surface area contributed by atoms with E-state index in [1.54, 1.807) is 6.92 Å². The molecule has 4 nitrogen and oxygen atoms in total. The Balaban J connectivity index is 2.61. The van der Waals surface area contributed by atoms with Crippen molar-refractivity contribution in [2.45, 2.75) is 45.4 Å². The van der Waals surface area contributed by atoms with Crippen LogP contribution in [0.1, 0.15) is 39.3 Å². The van der Waals surface area contributed by atoms with E-state index in [0.717, 1.165) is 18.7 Å². The average molecular weight is 291 g/mol. The topological polar surface area (TPSA) is 58.0 Å². The highest BCUT2D eigenvalue weighted by Gasteiger charge is 2.33. The summed E-state index contributed by atoms with van der Waals surface area (Å²) in [6.45, 7) is 5.82. The highest BCUT2D eigenvalue weighted by Crippen LogP contribution is 2.27. The predicted molar refractivity (Wildman–Crippen MR) is 70.2 cm³/mol. The molecule has 2 N–H and O–H groups in total. The van der Waals surface area contributed by atoms with Crippen molar-refractivity contribution < 1.29 is 18.3 Å². The van der Waals surface area contributed by atoms with Crippen LogP contribution in [-0.4, -0.2) is 27.2 Å². The third-order valence-corrected chi connectivity index (χ3v) is 2.83. The van der Waals surface area contributed by atoms with Crippen LogP contribution in [0.5, 0.6) is 0 Å². The van der Waals surface area contributed by atoms with Crippen molar-refractivity contribution in [1.29, 1.82) is 0 Å². The van der Waals surface area contributed by atoms with Crippen molar-refractivity contribution in [3.8, 4) is 0 Å². The summed E-state index contributed by atoms with van der Waals surface area (Å²) >= 11 is 0. The number of alkyl halides is 3. The van der Waals surface area contributed by atoms with Gasteiger partial charge >= 0.3 is 6.18 Å². The number of hydrogen-bond acceptors (Lipinski definition) is 4. The van der Waals surface area contributed by atoms with Gasteiger partial charge in [0.2, 0.25) is 5.95 Å². The summed E-state index contributed by atoms with van der Waals surface area (Å²) in [6, 6.07) is 0.808. The van der Waals surface area contributed by atoms with Crippen LogP contribution in [0.2, 0.25) is 0 Å². The van der Waals surface area contributed by atoms with Crippen LogP contribution in [0.25, 0.3) is 0 Å². The Morgan fingerprint density at radius 1 is 1.35 bits per heavy atom. The lowest BCUT2D eigenvalue weighted by atomic mass is 9.95. The van der Waals surface area contributed by atoms with Crippen molar-refractivity contribution in [2.24, 2.45) is 5.92 Å². The molecular weight excluding hydrogens is 271 g/mol. The van der Waals surface area contributed by atoms with E-state index in [4.69, 9.17) is 0 Å². The van der Waals surface area contributed by atoms with Gasteiger partial charge < -0.3 is 10.4 Å². The monoisotopic (exact) mass is 291 g/mol. The molecule has 1 aromatic heterocycles. The Bertz CT molecular complexity index is 433. The predicted octanol–water partition coefficient (Wildman–Crippen LogP) is 3.09. The first kappa shape index (κ1) is 16.7. The molecule has 0 bridgehead atoms. The van der Waals surface area contributed by atoms with Gasteiger partial charge in [0.05, 0.1) is 5.60 Å². The Kier molecular flexibility index (Phi) is 5.33. The molecule has 0 aliphatic rings. The first-order valence-corrected chi connectivity index (χ1v) is 6.47. The maximum absolute atomic E-state index is 12.5. The molecule has 0 saturated carbocycles. The van der Waals surface area contributed by atoms with E-state index in [1.165, 1.54) is 0 Å². The highest BCUT2D eigenvalue weighted by atomic mass is 19.4. The minimum absolute atomic E-state index is 0.0982. The van der Waals surface area contributed by atoms with Crippen LogP contribution < -0.4 is 5.32 Å². The minimum Gasteiger partial charge on any atom is -0.388 e. The lowest BCUT2D eigenvalue weighted by Gasteiger charge is -2.24. The number of halogens is 3. The molecule has 20 heavy (non-hydrogen) atoms. The normalized spacial score (nSPS) is 15.2. The molecule has 0 aromatic carbocycles. The number of anilines is 1. The second kappa shape index (κ2) is 6.39. The van der Waals surface area contributed by atoms with Gasteiger partial charge in [0.1, 0.15) is 5.69 Å². The lowest BCUT2D eigenvalue weighted by molar-refractivity contribution is -0.141. The quantitative estimate of drug-likeness (QED) is 0.845. The number of hydrogen-bond donors (Lipinski definition) is 2. The molecule has 0 radical (unpaired) electrons. The Morgan fingerprint density at radius 2 is 2.00 bits per heavy atom. The molecular formula is C13H20F3N3O. The molecule has 1 rings (SSSR count). The van der Waals surface area contributed by atoms with E-state index in [-0.39, 0.29) is 12.5 Å². The summed E-state index contributed by atoms with van der Waals surface area (Å²) < 4.78 is 37.5. The largest absolute Gasteiger partial charge is 0.433 e. The van der Waals surface area contributed by atoms with Crippen molar-refractivity contribution >= 4 is 5.95 Å². The Labute approximate surface area is 116 Å². The van der Waals surface area contributed by atoms with Gasteiger partial charge in [-0.25, -0.2) is 9.97 Å². The first-order valence-electron chi connectivity index (χ1n) is 6.47. The zero-order valence-electron chi connectivity index (χ0n) is 11.8. The maximum Gasteiger partial charge on any atom is 0.433 e. The zero-order chi connectivity index (χ0) is 15.4. The highest BCUT2D eigenvalue weighted by molar-refractivity contribution is 5.26. The molecule has 1 aromatic rings. The van der Waals surface area contributed by atoms with Gasteiger partial charge in [-0.05, 0) is 31.7 Å². The maximum atomic E-state index is 12.5. The minimum atomic E-state index is -4.50. The molecule has 1 unspecified atom stereocenters. The molecule has 0 fully saturated rings. The van der Waals surface area contributed by atoms with Crippen molar-refractivity contribution in [1.82, 2.24) is 9.97 Å². The van der Waals surface area contributed by atoms with E-state index in [9.17, 15) is 18.3 Å². The fourth-order valence-electron chi connectivity index (χ4n) is 1.56. The summed E-state index contributed by atoms with van der Waals surface area (Å²) in [4.78, 5) is 7.10. The SMILES string of the molecule is CC(C)CCC(C)(O)CNc1nccc(C(F)(F)F)n1. The molecule has 0 aliphatic heterocycles. The van der Waals surface area contributed by atoms with E-state index in [1.807, 2.05) is 13.8 Å². The molecule has 1 atom stereocenters. The molecule has 0 aliphatic carbocycles. The summed E-state index contributed by atoms with van der Waals surface area (Å²) in [5.74, 6) is 0.316. The van der Waals surface area contributed by atoms with Crippen LogP contribution >= 0.6 is 0 Å². The average Bonchev–Trinajstić information content (AvgIpc) is 2.34. The summed E-state index contributed by atoms with van der Waals surface area (Å²) in [6.07, 6.45) is -2.07. The van der Waals surface area contributed by atoms with Crippen LogP contribution in [0.15, 0.2) is 12.3 Å². The van der Waals surface area contributed by atoms with E-state index >= 15 is 0 Å². The second-order valence-electron chi connectivity index (χ2n) is 5.55. The van der Waals surface area contributed by atoms with Gasteiger partial charge in [0.25, 0.3) is 0 Å². The summed E-state index contributed by atoms with van der Waals surface area (Å²) in [5, 5.41) is 12.8. The number of aliphatic hydroxyl groups is 1. The van der Waals surface area contributed by atoms with Gasteiger partial charge in [-0.3, -0.25) is 0 Å². The number of rotatable bonds is 6. The Hall–Kier alpha value is -1.37. The second-order valence-corrected chi connectivity index (χ2v) is 5.55. The van der Waals surface area contributed by atoms with Crippen molar-refractivity contribution in [2.75, 3.05) is 11.9 Å². The van der Waals surface area contributed by atoms with Crippen molar-refractivity contribution in [3.05, 3.63) is 18.0 Å². The van der Waals surface area contributed by atoms with Gasteiger partial charge in [0.15, 0.2) is 0 Å². The number of aromatic nitrogens is 2. The summed E-state index contributed by atoms with van der Waals surface area (Å²) in [7, 11) is 0. The zero-order valence-corrected chi connectivity index (χ0v) is 11.8. The van der Waals surface area contributed by atoms with Gasteiger partial charge in [-0.15, -0.1) is 0 Å². The molecule has 1 heterocycles. The first-order chi connectivity index (χ1) is 9.10. The van der Waals surface area contributed by atoms with Crippen LogP contribution in [0.4, 0.5) is 19.1 Å². The fourth-order valence-corrected chi connectivity index (χ4v) is 1.56. The third kappa shape index (κ3) is 5.73. The van der Waals surface area contributed by atoms with E-state index in [2.05, 4.69) is 15.3 Å². The molecule has 0 amide bonds. The van der Waals surface area contributed by atoms with Gasteiger partial charge in [0, 0.05) is 12.7 Å². The van der Waals surface area contributed by atoms with Gasteiger partial charge in [-0.1, -0.05) is 13.8 Å². The number of nitrogens with zero attached hydrogens (tertiary/aromatic N) is 2. The smallest absolute Gasteiger partial charge is 0.388 e. The third-order valence-electron chi connectivity index (χ3n) is 2.83.